The molecule has 0 unspecified atom stereocenters. The first-order valence-corrected chi connectivity index (χ1v) is 12.0. The highest BCUT2D eigenvalue weighted by Gasteiger charge is 2.51. The number of benzene rings is 1. The van der Waals surface area contributed by atoms with Crippen molar-refractivity contribution in [3.8, 4) is 0 Å². The molecule has 1 fully saturated rings. The van der Waals surface area contributed by atoms with Gasteiger partial charge < -0.3 is 0 Å². The van der Waals surface area contributed by atoms with Gasteiger partial charge in [0, 0.05) is 0 Å². The third-order valence-electron chi connectivity index (χ3n) is 9.29. The number of hydrogen-bond donors (Lipinski definition) is 0. The van der Waals surface area contributed by atoms with Crippen LogP contribution in [0.3, 0.4) is 0 Å². The molecule has 0 heterocycles. The number of rotatable bonds is 5. The predicted molar refractivity (Wildman–Crippen MR) is 117 cm³/mol. The van der Waals surface area contributed by atoms with Crippen LogP contribution in [0, 0.1) is 29.1 Å². The van der Waals surface area contributed by atoms with Crippen LogP contribution in [0.5, 0.6) is 0 Å². The van der Waals surface area contributed by atoms with Gasteiger partial charge in [-0.1, -0.05) is 59.6 Å². The zero-order chi connectivity index (χ0) is 19.2. The maximum Gasteiger partial charge on any atom is -0.0102 e. The average Bonchev–Trinajstić information content (AvgIpc) is 3.02. The lowest BCUT2D eigenvalue weighted by Crippen LogP contribution is -2.36. The van der Waals surface area contributed by atoms with Crippen molar-refractivity contribution in [3.63, 3.8) is 0 Å². The van der Waals surface area contributed by atoms with E-state index in [2.05, 4.69) is 46.8 Å². The molecule has 150 valence electrons. The molecule has 0 spiro atoms. The van der Waals surface area contributed by atoms with Crippen molar-refractivity contribution in [3.05, 3.63) is 34.4 Å². The first kappa shape index (κ1) is 19.5. The summed E-state index contributed by atoms with van der Waals surface area (Å²) < 4.78 is 0. The molecule has 3 aliphatic carbocycles. The molecule has 3 aliphatic rings. The molecule has 0 aliphatic heterocycles. The molecule has 0 radical (unpaired) electrons. The number of fused-ring (bicyclic) bond motifs is 5. The van der Waals surface area contributed by atoms with Crippen LogP contribution in [0.2, 0.25) is 0 Å². The Balaban J connectivity index is 1.54. The van der Waals surface area contributed by atoms with Crippen LogP contribution < -0.4 is 0 Å². The van der Waals surface area contributed by atoms with Crippen molar-refractivity contribution in [2.24, 2.45) is 29.1 Å². The lowest BCUT2D eigenvalue weighted by atomic mass is 9.59. The summed E-state index contributed by atoms with van der Waals surface area (Å²) >= 11 is 0. The minimum Gasteiger partial charge on any atom is -0.0625 e. The summed E-state index contributed by atoms with van der Waals surface area (Å²) in [5.41, 5.74) is 7.60. The van der Waals surface area contributed by atoms with Crippen LogP contribution in [0.25, 0.3) is 0 Å². The van der Waals surface area contributed by atoms with Gasteiger partial charge in [0.15, 0.2) is 0 Å². The van der Waals surface area contributed by atoms with Crippen LogP contribution in [0.1, 0.15) is 108 Å². The summed E-state index contributed by atoms with van der Waals surface area (Å²) in [5.74, 6) is 4.36. The molecular weight excluding hydrogens is 324 g/mol. The molecule has 0 heteroatoms. The molecule has 27 heavy (non-hydrogen) atoms. The molecule has 5 atom stereocenters. The van der Waals surface area contributed by atoms with E-state index in [0.29, 0.717) is 5.41 Å². The maximum absolute atomic E-state index is 2.67. The largest absolute Gasteiger partial charge is 0.0625 e. The third-order valence-corrected chi connectivity index (χ3v) is 9.29. The molecule has 0 bridgehead atoms. The van der Waals surface area contributed by atoms with Gasteiger partial charge in [0.05, 0.1) is 0 Å². The van der Waals surface area contributed by atoms with Gasteiger partial charge in [-0.2, -0.15) is 0 Å². The Kier molecular flexibility index (Phi) is 5.47. The first-order valence-electron chi connectivity index (χ1n) is 12.0. The van der Waals surface area contributed by atoms with Crippen LogP contribution >= 0.6 is 0 Å². The van der Waals surface area contributed by atoms with E-state index in [1.54, 1.807) is 22.3 Å². The second kappa shape index (κ2) is 7.57. The highest BCUT2D eigenvalue weighted by atomic mass is 14.5. The second-order valence-corrected chi connectivity index (χ2v) is 11.0. The summed E-state index contributed by atoms with van der Waals surface area (Å²) in [4.78, 5) is 0. The monoisotopic (exact) mass is 366 g/mol. The molecule has 0 N–H and O–H groups in total. The van der Waals surface area contributed by atoms with E-state index in [4.69, 9.17) is 0 Å². The van der Waals surface area contributed by atoms with Crippen LogP contribution in [0.4, 0.5) is 0 Å². The lowest BCUT2D eigenvalue weighted by molar-refractivity contribution is 0.115. The highest BCUT2D eigenvalue weighted by molar-refractivity contribution is 5.47. The standard InChI is InChI=1S/C27H42/c1-18(2)19(3)10-11-20(4)25-14-15-26-24-13-12-21-8-6-7-9-22(21)23(24)16-17-27(25,26)5/h12-13,18-20,25-26H,6-11,14-17H2,1-5H3/t19-,20+,25-,26-,27+/m0/s1. The summed E-state index contributed by atoms with van der Waals surface area (Å²) in [6.07, 6.45) is 14.1. The Morgan fingerprint density at radius 3 is 2.48 bits per heavy atom. The van der Waals surface area contributed by atoms with Gasteiger partial charge >= 0.3 is 0 Å². The zero-order valence-electron chi connectivity index (χ0n) is 18.6. The predicted octanol–water partition coefficient (Wildman–Crippen LogP) is 7.72. The van der Waals surface area contributed by atoms with Crippen LogP contribution in [-0.4, -0.2) is 0 Å². The average molecular weight is 367 g/mol. The zero-order valence-corrected chi connectivity index (χ0v) is 18.6. The maximum atomic E-state index is 2.67. The third kappa shape index (κ3) is 3.40. The van der Waals surface area contributed by atoms with E-state index in [9.17, 15) is 0 Å². The Hall–Kier alpha value is -0.780. The summed E-state index contributed by atoms with van der Waals surface area (Å²) in [6, 6.07) is 5.08. The van der Waals surface area contributed by atoms with E-state index in [1.807, 2.05) is 0 Å². The van der Waals surface area contributed by atoms with E-state index in [1.165, 1.54) is 64.2 Å². The van der Waals surface area contributed by atoms with Crippen molar-refractivity contribution in [1.82, 2.24) is 0 Å². The Labute approximate surface area is 168 Å². The molecule has 1 saturated carbocycles. The molecule has 1 aromatic carbocycles. The molecule has 1 aromatic rings. The van der Waals surface area contributed by atoms with E-state index in [0.717, 1.165) is 29.6 Å². The number of aryl methyl sites for hydroxylation is 1. The molecule has 0 saturated heterocycles. The topological polar surface area (TPSA) is 0 Å². The number of hydrogen-bond acceptors (Lipinski definition) is 0. The van der Waals surface area contributed by atoms with Gasteiger partial charge in [0.25, 0.3) is 0 Å². The minimum atomic E-state index is 0.552. The fourth-order valence-electron chi connectivity index (χ4n) is 7.07. The normalized spacial score (nSPS) is 31.9. The quantitative estimate of drug-likeness (QED) is 0.500. The van der Waals surface area contributed by atoms with E-state index >= 15 is 0 Å². The summed E-state index contributed by atoms with van der Waals surface area (Å²) in [5, 5.41) is 0. The van der Waals surface area contributed by atoms with Gasteiger partial charge in [0.1, 0.15) is 0 Å². The fraction of sp³-hybridized carbons (Fsp3) is 0.778. The summed E-state index contributed by atoms with van der Waals surface area (Å²) in [7, 11) is 0. The Morgan fingerprint density at radius 2 is 1.70 bits per heavy atom. The van der Waals surface area contributed by atoms with Crippen molar-refractivity contribution < 1.29 is 0 Å². The smallest absolute Gasteiger partial charge is 0.0102 e. The van der Waals surface area contributed by atoms with Crippen molar-refractivity contribution in [2.45, 2.75) is 105 Å². The van der Waals surface area contributed by atoms with Crippen molar-refractivity contribution in [2.75, 3.05) is 0 Å². The molecule has 0 amide bonds. The van der Waals surface area contributed by atoms with Gasteiger partial charge in [-0.3, -0.25) is 0 Å². The lowest BCUT2D eigenvalue weighted by Gasteiger charge is -2.45. The molecule has 0 nitrogen and oxygen atoms in total. The van der Waals surface area contributed by atoms with Gasteiger partial charge in [0.2, 0.25) is 0 Å². The molecule has 4 rings (SSSR count). The van der Waals surface area contributed by atoms with Crippen molar-refractivity contribution in [1.29, 1.82) is 0 Å². The van der Waals surface area contributed by atoms with Crippen LogP contribution in [0.15, 0.2) is 12.1 Å². The molecular formula is C27H42. The van der Waals surface area contributed by atoms with Gasteiger partial charge in [-0.05, 0) is 109 Å². The highest BCUT2D eigenvalue weighted by Crippen LogP contribution is 2.61. The fourth-order valence-corrected chi connectivity index (χ4v) is 7.07. The van der Waals surface area contributed by atoms with Gasteiger partial charge in [-0.25, -0.2) is 0 Å². The summed E-state index contributed by atoms with van der Waals surface area (Å²) in [6.45, 7) is 12.5. The van der Waals surface area contributed by atoms with Crippen LogP contribution in [-0.2, 0) is 19.3 Å². The van der Waals surface area contributed by atoms with E-state index < -0.39 is 0 Å². The molecule has 0 aromatic heterocycles. The SMILES string of the molecule is CC(C)[C@@H](C)CC[C@@H](C)[C@@H]1CC[C@H]2c3ccc4c(c3CC[C@@]21C)CCCC4. The minimum absolute atomic E-state index is 0.552. The Bertz CT molecular complexity index is 669. The Morgan fingerprint density at radius 1 is 0.926 bits per heavy atom. The van der Waals surface area contributed by atoms with Crippen molar-refractivity contribution >= 4 is 0 Å². The van der Waals surface area contributed by atoms with E-state index in [-0.39, 0.29) is 0 Å². The second-order valence-electron chi connectivity index (χ2n) is 11.0. The first-order chi connectivity index (χ1) is 12.9. The van der Waals surface area contributed by atoms with Gasteiger partial charge in [-0.15, -0.1) is 0 Å².